The molecule has 0 saturated carbocycles. The molecule has 1 aromatic carbocycles. The summed E-state index contributed by atoms with van der Waals surface area (Å²) < 4.78 is 0. The summed E-state index contributed by atoms with van der Waals surface area (Å²) in [5.74, 6) is 0.687. The molecule has 17 heavy (non-hydrogen) atoms. The van der Waals surface area contributed by atoms with E-state index in [2.05, 4.69) is 9.97 Å². The third kappa shape index (κ3) is 3.49. The molecule has 2 nitrogen and oxygen atoms in total. The molecule has 6 heteroatoms. The Hall–Kier alpha value is -0.480. The quantitative estimate of drug-likeness (QED) is 0.466. The van der Waals surface area contributed by atoms with Gasteiger partial charge in [-0.3, -0.25) is 0 Å². The molecule has 0 aliphatic rings. The summed E-state index contributed by atoms with van der Waals surface area (Å²) in [6, 6.07) is 7.65. The van der Waals surface area contributed by atoms with Crippen LogP contribution < -0.4 is 0 Å². The molecule has 0 unspecified atom stereocenters. The SMILES string of the molecule is Clc1ncc(Cl)c(SCc2ccccc2Cl)n1. The molecule has 0 fully saturated rings. The molecule has 1 aromatic heterocycles. The first-order valence-corrected chi connectivity index (χ1v) is 6.83. The van der Waals surface area contributed by atoms with Gasteiger partial charge in [0.1, 0.15) is 5.03 Å². The number of aromatic nitrogens is 2. The molecule has 0 N–H and O–H groups in total. The number of rotatable bonds is 3. The molecule has 0 spiro atoms. The minimum Gasteiger partial charge on any atom is -0.225 e. The van der Waals surface area contributed by atoms with Crippen LogP contribution in [0, 0.1) is 0 Å². The maximum absolute atomic E-state index is 6.06. The summed E-state index contributed by atoms with van der Waals surface area (Å²) in [6.07, 6.45) is 1.49. The zero-order valence-corrected chi connectivity index (χ0v) is 11.6. The zero-order valence-electron chi connectivity index (χ0n) is 8.53. The van der Waals surface area contributed by atoms with Crippen LogP contribution in [0.15, 0.2) is 35.5 Å². The number of benzene rings is 1. The maximum atomic E-state index is 6.06. The second-order valence-electron chi connectivity index (χ2n) is 3.17. The van der Waals surface area contributed by atoms with Gasteiger partial charge in [-0.15, -0.1) is 0 Å². The zero-order chi connectivity index (χ0) is 12.3. The Labute approximate surface area is 118 Å². The van der Waals surface area contributed by atoms with Crippen molar-refractivity contribution in [2.24, 2.45) is 0 Å². The molecule has 1 heterocycles. The van der Waals surface area contributed by atoms with Crippen LogP contribution in [0.3, 0.4) is 0 Å². The van der Waals surface area contributed by atoms with Crippen molar-refractivity contribution in [2.75, 3.05) is 0 Å². The van der Waals surface area contributed by atoms with E-state index in [4.69, 9.17) is 34.8 Å². The summed E-state index contributed by atoms with van der Waals surface area (Å²) in [5, 5.41) is 2.07. The minimum atomic E-state index is 0.191. The van der Waals surface area contributed by atoms with E-state index in [1.54, 1.807) is 0 Å². The highest BCUT2D eigenvalue weighted by atomic mass is 35.5. The van der Waals surface area contributed by atoms with Crippen molar-refractivity contribution in [3.05, 3.63) is 51.4 Å². The van der Waals surface area contributed by atoms with E-state index in [1.807, 2.05) is 24.3 Å². The van der Waals surface area contributed by atoms with Gasteiger partial charge in [-0.2, -0.15) is 0 Å². The second-order valence-corrected chi connectivity index (χ2v) is 5.29. The van der Waals surface area contributed by atoms with Crippen molar-refractivity contribution < 1.29 is 0 Å². The smallest absolute Gasteiger partial charge is 0.223 e. The lowest BCUT2D eigenvalue weighted by Gasteiger charge is -2.04. The molecule has 0 radical (unpaired) electrons. The van der Waals surface area contributed by atoms with Crippen LogP contribution >= 0.6 is 46.6 Å². The monoisotopic (exact) mass is 304 g/mol. The molecule has 0 aliphatic carbocycles. The average Bonchev–Trinajstić information content (AvgIpc) is 2.32. The number of halogens is 3. The molecule has 0 amide bonds. The molecule has 2 rings (SSSR count). The standard InChI is InChI=1S/C11H7Cl3N2S/c12-8-4-2-1-3-7(8)6-17-10-9(13)5-15-11(14)16-10/h1-5H,6H2. The Morgan fingerprint density at radius 3 is 2.59 bits per heavy atom. The van der Waals surface area contributed by atoms with Gasteiger partial charge in [-0.25, -0.2) is 9.97 Å². The fraction of sp³-hybridized carbons (Fsp3) is 0.0909. The molecular formula is C11H7Cl3N2S. The second kappa shape index (κ2) is 5.91. The third-order valence-corrected chi connectivity index (χ3v) is 3.98. The predicted octanol–water partition coefficient (Wildman–Crippen LogP) is 4.73. The topological polar surface area (TPSA) is 25.8 Å². The lowest BCUT2D eigenvalue weighted by Crippen LogP contribution is -1.88. The number of nitrogens with zero attached hydrogens (tertiary/aromatic N) is 2. The van der Waals surface area contributed by atoms with E-state index in [0.29, 0.717) is 15.8 Å². The van der Waals surface area contributed by atoms with Crippen molar-refractivity contribution in [2.45, 2.75) is 10.8 Å². The lowest BCUT2D eigenvalue weighted by molar-refractivity contribution is 1.05. The lowest BCUT2D eigenvalue weighted by atomic mass is 10.2. The summed E-state index contributed by atoms with van der Waals surface area (Å²) >= 11 is 19.2. The number of hydrogen-bond acceptors (Lipinski definition) is 3. The largest absolute Gasteiger partial charge is 0.225 e. The summed E-state index contributed by atoms with van der Waals surface area (Å²) in [5.41, 5.74) is 1.03. The normalized spacial score (nSPS) is 10.5. The minimum absolute atomic E-state index is 0.191. The van der Waals surface area contributed by atoms with E-state index in [0.717, 1.165) is 10.6 Å². The first kappa shape index (κ1) is 13.0. The van der Waals surface area contributed by atoms with Gasteiger partial charge in [0.05, 0.1) is 11.2 Å². The van der Waals surface area contributed by atoms with Crippen molar-refractivity contribution in [1.82, 2.24) is 9.97 Å². The molecule has 2 aromatic rings. The van der Waals surface area contributed by atoms with Gasteiger partial charge in [0.15, 0.2) is 0 Å². The van der Waals surface area contributed by atoms with E-state index in [-0.39, 0.29) is 5.28 Å². The van der Waals surface area contributed by atoms with Crippen molar-refractivity contribution >= 4 is 46.6 Å². The first-order valence-electron chi connectivity index (χ1n) is 4.71. The van der Waals surface area contributed by atoms with Crippen LogP contribution in [0.1, 0.15) is 5.56 Å². The van der Waals surface area contributed by atoms with Crippen LogP contribution in [0.4, 0.5) is 0 Å². The van der Waals surface area contributed by atoms with E-state index >= 15 is 0 Å². The molecule has 0 bridgehead atoms. The van der Waals surface area contributed by atoms with Gasteiger partial charge in [-0.05, 0) is 23.2 Å². The Kier molecular flexibility index (Phi) is 4.51. The van der Waals surface area contributed by atoms with Gasteiger partial charge in [0, 0.05) is 10.8 Å². The Bertz CT molecular complexity index is 534. The number of hydrogen-bond donors (Lipinski definition) is 0. The summed E-state index contributed by atoms with van der Waals surface area (Å²) in [4.78, 5) is 7.85. The predicted molar refractivity (Wildman–Crippen MR) is 73.1 cm³/mol. The van der Waals surface area contributed by atoms with E-state index in [1.165, 1.54) is 18.0 Å². The van der Waals surface area contributed by atoms with Crippen LogP contribution in [0.2, 0.25) is 15.3 Å². The van der Waals surface area contributed by atoms with Crippen LogP contribution in [-0.2, 0) is 5.75 Å². The molecule has 0 aliphatic heterocycles. The van der Waals surface area contributed by atoms with Crippen LogP contribution in [0.25, 0.3) is 0 Å². The third-order valence-electron chi connectivity index (χ3n) is 2.00. The van der Waals surface area contributed by atoms with Gasteiger partial charge >= 0.3 is 0 Å². The Balaban J connectivity index is 2.12. The van der Waals surface area contributed by atoms with Gasteiger partial charge < -0.3 is 0 Å². The summed E-state index contributed by atoms with van der Waals surface area (Å²) in [7, 11) is 0. The molecule has 88 valence electrons. The van der Waals surface area contributed by atoms with Crippen molar-refractivity contribution in [3.8, 4) is 0 Å². The highest BCUT2D eigenvalue weighted by Crippen LogP contribution is 2.30. The first-order chi connectivity index (χ1) is 8.16. The maximum Gasteiger partial charge on any atom is 0.223 e. The molecule has 0 atom stereocenters. The highest BCUT2D eigenvalue weighted by molar-refractivity contribution is 7.98. The fourth-order valence-electron chi connectivity index (χ4n) is 1.19. The highest BCUT2D eigenvalue weighted by Gasteiger charge is 2.06. The van der Waals surface area contributed by atoms with E-state index in [9.17, 15) is 0 Å². The molecule has 0 saturated heterocycles. The summed E-state index contributed by atoms with van der Waals surface area (Å²) in [6.45, 7) is 0. The van der Waals surface area contributed by atoms with Gasteiger partial charge in [0.2, 0.25) is 5.28 Å². The number of thioether (sulfide) groups is 1. The van der Waals surface area contributed by atoms with Gasteiger partial charge in [0.25, 0.3) is 0 Å². The molecular weight excluding hydrogens is 299 g/mol. The van der Waals surface area contributed by atoms with Gasteiger partial charge in [-0.1, -0.05) is 53.2 Å². The average molecular weight is 306 g/mol. The Morgan fingerprint density at radius 1 is 1.06 bits per heavy atom. The van der Waals surface area contributed by atoms with Crippen molar-refractivity contribution in [3.63, 3.8) is 0 Å². The Morgan fingerprint density at radius 2 is 1.82 bits per heavy atom. The fourth-order valence-corrected chi connectivity index (χ4v) is 2.80. The van der Waals surface area contributed by atoms with Crippen molar-refractivity contribution in [1.29, 1.82) is 0 Å². The van der Waals surface area contributed by atoms with E-state index < -0.39 is 0 Å². The van der Waals surface area contributed by atoms with Crippen LogP contribution in [0.5, 0.6) is 0 Å². The van der Waals surface area contributed by atoms with Crippen LogP contribution in [-0.4, -0.2) is 9.97 Å².